The topological polar surface area (TPSA) is 37.3 Å². The van der Waals surface area contributed by atoms with Crippen molar-refractivity contribution >= 4 is 17.4 Å². The van der Waals surface area contributed by atoms with E-state index in [0.29, 0.717) is 11.1 Å². The Balaban J connectivity index is 3.48. The van der Waals surface area contributed by atoms with Crippen molar-refractivity contribution < 1.29 is 9.90 Å². The zero-order valence-corrected chi connectivity index (χ0v) is 10.9. The van der Waals surface area contributed by atoms with E-state index in [1.165, 1.54) is 6.92 Å². The summed E-state index contributed by atoms with van der Waals surface area (Å²) < 4.78 is 0. The van der Waals surface area contributed by atoms with E-state index in [0.717, 1.165) is 5.56 Å². The Morgan fingerprint density at radius 3 is 2.31 bits per heavy atom. The summed E-state index contributed by atoms with van der Waals surface area (Å²) in [7, 11) is 0. The molecule has 0 amide bonds. The van der Waals surface area contributed by atoms with Crippen molar-refractivity contribution in [1.82, 2.24) is 0 Å². The number of hydrogen-bond donors (Lipinski definition) is 1. The van der Waals surface area contributed by atoms with Crippen molar-refractivity contribution in [3.63, 3.8) is 0 Å². The van der Waals surface area contributed by atoms with E-state index in [4.69, 9.17) is 11.6 Å². The first-order valence-electron chi connectivity index (χ1n) is 5.20. The van der Waals surface area contributed by atoms with Gasteiger partial charge in [-0.2, -0.15) is 0 Å². The van der Waals surface area contributed by atoms with E-state index in [1.807, 2.05) is 20.8 Å². The van der Waals surface area contributed by atoms with Gasteiger partial charge in [-0.05, 0) is 24.5 Å². The second-order valence-corrected chi connectivity index (χ2v) is 5.24. The monoisotopic (exact) mass is 240 g/mol. The zero-order chi connectivity index (χ0) is 12.5. The van der Waals surface area contributed by atoms with Crippen LogP contribution in [-0.4, -0.2) is 10.9 Å². The molecule has 0 saturated heterocycles. The van der Waals surface area contributed by atoms with Crippen LogP contribution in [-0.2, 0) is 11.3 Å². The third-order valence-corrected chi connectivity index (χ3v) is 2.84. The molecule has 1 rings (SSSR count). The number of halogens is 1. The highest BCUT2D eigenvalue weighted by Gasteiger charge is 2.21. The number of rotatable bonds is 2. The van der Waals surface area contributed by atoms with Gasteiger partial charge in [0.1, 0.15) is 5.75 Å². The van der Waals surface area contributed by atoms with Gasteiger partial charge in [0.2, 0.25) is 0 Å². The van der Waals surface area contributed by atoms with Gasteiger partial charge in [-0.25, -0.2) is 0 Å². The summed E-state index contributed by atoms with van der Waals surface area (Å²) >= 11 is 5.76. The van der Waals surface area contributed by atoms with Crippen LogP contribution in [0.3, 0.4) is 0 Å². The van der Waals surface area contributed by atoms with Gasteiger partial charge in [0.05, 0.1) is 5.88 Å². The van der Waals surface area contributed by atoms with Gasteiger partial charge < -0.3 is 5.11 Å². The number of carbonyl (C=O) groups is 1. The molecule has 2 nitrogen and oxygen atoms in total. The lowest BCUT2D eigenvalue weighted by atomic mass is 9.84. The highest BCUT2D eigenvalue weighted by atomic mass is 35.5. The molecular formula is C13H17ClO2. The fraction of sp³-hybridized carbons (Fsp3) is 0.462. The molecule has 0 bridgehead atoms. The van der Waals surface area contributed by atoms with E-state index in [-0.39, 0.29) is 22.8 Å². The Kier molecular flexibility index (Phi) is 3.64. The molecule has 1 aromatic rings. The number of carbonyl (C=O) groups excluding carboxylic acids is 1. The highest BCUT2D eigenvalue weighted by Crippen LogP contribution is 2.35. The molecule has 0 spiro atoms. The maximum atomic E-state index is 11.4. The van der Waals surface area contributed by atoms with Crippen LogP contribution in [0.2, 0.25) is 0 Å². The van der Waals surface area contributed by atoms with Crippen LogP contribution in [0.15, 0.2) is 12.1 Å². The number of benzene rings is 1. The fourth-order valence-electron chi connectivity index (χ4n) is 1.57. The summed E-state index contributed by atoms with van der Waals surface area (Å²) in [5, 5.41) is 10.0. The van der Waals surface area contributed by atoms with Crippen LogP contribution < -0.4 is 0 Å². The molecular weight excluding hydrogens is 224 g/mol. The van der Waals surface area contributed by atoms with Crippen LogP contribution in [0, 0.1) is 0 Å². The number of aromatic hydroxyl groups is 1. The van der Waals surface area contributed by atoms with Gasteiger partial charge >= 0.3 is 0 Å². The minimum Gasteiger partial charge on any atom is -0.507 e. The lowest BCUT2D eigenvalue weighted by Crippen LogP contribution is -2.13. The number of alkyl halides is 1. The first kappa shape index (κ1) is 13.0. The van der Waals surface area contributed by atoms with Crippen molar-refractivity contribution in [3.05, 3.63) is 28.8 Å². The van der Waals surface area contributed by atoms with E-state index in [9.17, 15) is 9.90 Å². The summed E-state index contributed by atoms with van der Waals surface area (Å²) in [6.45, 7) is 7.48. The summed E-state index contributed by atoms with van der Waals surface area (Å²) in [5.41, 5.74) is 1.75. The molecule has 0 atom stereocenters. The third kappa shape index (κ3) is 2.56. The molecule has 88 valence electrons. The molecule has 0 fully saturated rings. The zero-order valence-electron chi connectivity index (χ0n) is 10.1. The Bertz CT molecular complexity index is 417. The Labute approximate surface area is 101 Å². The molecule has 0 aliphatic rings. The predicted molar refractivity (Wildman–Crippen MR) is 66.4 cm³/mol. The normalized spacial score (nSPS) is 11.6. The molecule has 1 N–H and O–H groups in total. The Hall–Kier alpha value is -1.02. The fourth-order valence-corrected chi connectivity index (χ4v) is 1.78. The molecule has 0 unspecified atom stereocenters. The van der Waals surface area contributed by atoms with Crippen molar-refractivity contribution in [2.24, 2.45) is 0 Å². The van der Waals surface area contributed by atoms with Gasteiger partial charge in [-0.15, -0.1) is 11.6 Å². The van der Waals surface area contributed by atoms with E-state index < -0.39 is 0 Å². The van der Waals surface area contributed by atoms with Crippen molar-refractivity contribution in [2.45, 2.75) is 39.0 Å². The SMILES string of the molecule is CC(=O)c1cc(CCl)c(O)c(C(C)(C)C)c1. The van der Waals surface area contributed by atoms with Crippen LogP contribution >= 0.6 is 11.6 Å². The maximum Gasteiger partial charge on any atom is 0.159 e. The van der Waals surface area contributed by atoms with E-state index >= 15 is 0 Å². The molecule has 16 heavy (non-hydrogen) atoms. The molecule has 0 aliphatic heterocycles. The lowest BCUT2D eigenvalue weighted by Gasteiger charge is -2.22. The van der Waals surface area contributed by atoms with Crippen molar-refractivity contribution in [3.8, 4) is 5.75 Å². The minimum atomic E-state index is -0.212. The Morgan fingerprint density at radius 1 is 1.38 bits per heavy atom. The molecule has 0 aromatic heterocycles. The summed E-state index contributed by atoms with van der Waals surface area (Å²) in [4.78, 5) is 11.4. The van der Waals surface area contributed by atoms with Crippen LogP contribution in [0.25, 0.3) is 0 Å². The van der Waals surface area contributed by atoms with Crippen LogP contribution in [0.5, 0.6) is 5.75 Å². The molecule has 0 aliphatic carbocycles. The van der Waals surface area contributed by atoms with Gasteiger partial charge in [-0.3, -0.25) is 4.79 Å². The third-order valence-electron chi connectivity index (χ3n) is 2.55. The largest absolute Gasteiger partial charge is 0.507 e. The highest BCUT2D eigenvalue weighted by molar-refractivity contribution is 6.17. The minimum absolute atomic E-state index is 0.0168. The average molecular weight is 241 g/mol. The van der Waals surface area contributed by atoms with E-state index in [1.54, 1.807) is 12.1 Å². The number of ketones is 1. The second kappa shape index (κ2) is 4.46. The standard InChI is InChI=1S/C13H17ClO2/c1-8(15)9-5-10(7-14)12(16)11(6-9)13(2,3)4/h5-6,16H,7H2,1-4H3. The maximum absolute atomic E-state index is 11.4. The lowest BCUT2D eigenvalue weighted by molar-refractivity contribution is 0.101. The molecule has 0 heterocycles. The summed E-state index contributed by atoms with van der Waals surface area (Å²) in [5.74, 6) is 0.389. The van der Waals surface area contributed by atoms with Crippen LogP contribution in [0.4, 0.5) is 0 Å². The predicted octanol–water partition coefficient (Wildman–Crippen LogP) is 3.63. The first-order valence-corrected chi connectivity index (χ1v) is 5.74. The van der Waals surface area contributed by atoms with Crippen molar-refractivity contribution in [2.75, 3.05) is 0 Å². The quantitative estimate of drug-likeness (QED) is 0.633. The molecule has 0 radical (unpaired) electrons. The van der Waals surface area contributed by atoms with Gasteiger partial charge in [0.25, 0.3) is 0 Å². The average Bonchev–Trinajstić information content (AvgIpc) is 2.15. The number of phenolic OH excluding ortho intramolecular Hbond substituents is 1. The van der Waals surface area contributed by atoms with Crippen LogP contribution in [0.1, 0.15) is 49.2 Å². The molecule has 1 aromatic carbocycles. The summed E-state index contributed by atoms with van der Waals surface area (Å²) in [6.07, 6.45) is 0. The number of Topliss-reactive ketones (excluding diaryl/α,β-unsaturated/α-hetero) is 1. The van der Waals surface area contributed by atoms with E-state index in [2.05, 4.69) is 0 Å². The van der Waals surface area contributed by atoms with Crippen molar-refractivity contribution in [1.29, 1.82) is 0 Å². The molecule has 3 heteroatoms. The second-order valence-electron chi connectivity index (χ2n) is 4.97. The summed E-state index contributed by atoms with van der Waals surface area (Å²) in [6, 6.07) is 3.40. The number of phenols is 1. The van der Waals surface area contributed by atoms with Gasteiger partial charge in [0.15, 0.2) is 5.78 Å². The van der Waals surface area contributed by atoms with Gasteiger partial charge in [-0.1, -0.05) is 20.8 Å². The Morgan fingerprint density at radius 2 is 1.94 bits per heavy atom. The molecule has 0 saturated carbocycles. The number of hydrogen-bond acceptors (Lipinski definition) is 2. The smallest absolute Gasteiger partial charge is 0.159 e. The first-order chi connectivity index (χ1) is 7.27. The van der Waals surface area contributed by atoms with Gasteiger partial charge in [0, 0.05) is 16.7 Å².